The highest BCUT2D eigenvalue weighted by atomic mass is 35.5. The fourth-order valence-corrected chi connectivity index (χ4v) is 7.16. The molecule has 6 rings (SSSR count). The van der Waals surface area contributed by atoms with E-state index in [1.807, 2.05) is 85.8 Å². The van der Waals surface area contributed by atoms with Gasteiger partial charge in [-0.3, -0.25) is 0 Å². The summed E-state index contributed by atoms with van der Waals surface area (Å²) >= 11 is 6.37. The van der Waals surface area contributed by atoms with Gasteiger partial charge in [-0.15, -0.1) is 0 Å². The van der Waals surface area contributed by atoms with Crippen LogP contribution in [0.2, 0.25) is 5.02 Å². The van der Waals surface area contributed by atoms with Gasteiger partial charge in [0.25, 0.3) is 0 Å². The minimum Gasteiger partial charge on any atom is -0.492 e. The van der Waals surface area contributed by atoms with E-state index in [0.29, 0.717) is 23.1 Å². The van der Waals surface area contributed by atoms with E-state index in [1.165, 1.54) is 17.7 Å². The van der Waals surface area contributed by atoms with Gasteiger partial charge in [-0.05, 0) is 151 Å². The van der Waals surface area contributed by atoms with Gasteiger partial charge >= 0.3 is 6.11 Å². The topological polar surface area (TPSA) is 36.9 Å². The first-order valence-corrected chi connectivity index (χ1v) is 21.0. The summed E-state index contributed by atoms with van der Waals surface area (Å²) in [5.74, 6) is 1.80. The van der Waals surface area contributed by atoms with Gasteiger partial charge in [-0.25, -0.2) is 8.78 Å². The Hall–Kier alpha value is -5.47. The maximum atomic E-state index is 14.2. The number of para-hydroxylation sites is 2. The predicted octanol–water partition coefficient (Wildman–Crippen LogP) is 15.9. The van der Waals surface area contributed by atoms with Gasteiger partial charge in [0.05, 0.1) is 11.6 Å². The molecule has 9 heteroatoms. The Balaban J connectivity index is 0.000000231. The van der Waals surface area contributed by atoms with E-state index < -0.39 is 11.9 Å². The summed E-state index contributed by atoms with van der Waals surface area (Å²) in [6.07, 6.45) is 2.13. The average Bonchev–Trinajstić information content (AvgIpc) is 3.21. The quantitative estimate of drug-likeness (QED) is 0.0807. The van der Waals surface area contributed by atoms with Gasteiger partial charge in [0, 0.05) is 6.92 Å². The fourth-order valence-electron chi connectivity index (χ4n) is 6.93. The summed E-state index contributed by atoms with van der Waals surface area (Å²) in [6, 6.07) is 41.3. The number of benzene rings is 6. The molecule has 0 saturated carbocycles. The lowest BCUT2D eigenvalue weighted by Gasteiger charge is -2.26. The van der Waals surface area contributed by atoms with Gasteiger partial charge < -0.3 is 18.9 Å². The molecule has 61 heavy (non-hydrogen) atoms. The third-order valence-electron chi connectivity index (χ3n) is 10.4. The predicted molar refractivity (Wildman–Crippen MR) is 238 cm³/mol. The van der Waals surface area contributed by atoms with Crippen molar-refractivity contribution in [1.82, 2.24) is 0 Å². The van der Waals surface area contributed by atoms with Crippen molar-refractivity contribution >= 4 is 11.6 Å². The molecule has 0 fully saturated rings. The molecule has 322 valence electrons. The van der Waals surface area contributed by atoms with Gasteiger partial charge in [0.1, 0.15) is 23.0 Å². The maximum absolute atomic E-state index is 14.2. The van der Waals surface area contributed by atoms with Crippen LogP contribution in [0.1, 0.15) is 89.5 Å². The highest BCUT2D eigenvalue weighted by molar-refractivity contribution is 6.32. The normalized spacial score (nSPS) is 11.7. The molecule has 0 bridgehead atoms. The summed E-state index contributed by atoms with van der Waals surface area (Å²) < 4.78 is 75.8. The van der Waals surface area contributed by atoms with Crippen LogP contribution in [0, 0.1) is 11.6 Å². The second-order valence-corrected chi connectivity index (χ2v) is 16.8. The zero-order valence-electron chi connectivity index (χ0n) is 35.8. The fraction of sp³-hybridized carbons (Fsp3) is 0.308. The minimum atomic E-state index is -3.20. The van der Waals surface area contributed by atoms with Crippen LogP contribution in [0.15, 0.2) is 140 Å². The van der Waals surface area contributed by atoms with Crippen molar-refractivity contribution in [2.75, 3.05) is 6.61 Å². The van der Waals surface area contributed by atoms with Crippen LogP contribution >= 0.6 is 11.6 Å². The lowest BCUT2D eigenvalue weighted by Crippen LogP contribution is -2.20. The number of alkyl halides is 2. The smallest absolute Gasteiger partial charge is 0.394 e. The van der Waals surface area contributed by atoms with Crippen LogP contribution in [-0.2, 0) is 23.7 Å². The lowest BCUT2D eigenvalue weighted by atomic mass is 9.80. The highest BCUT2D eigenvalue weighted by Gasteiger charge is 2.25. The summed E-state index contributed by atoms with van der Waals surface area (Å²) in [6.45, 7) is 11.9. The largest absolute Gasteiger partial charge is 0.492 e. The Morgan fingerprint density at radius 2 is 0.967 bits per heavy atom. The van der Waals surface area contributed by atoms with Crippen molar-refractivity contribution in [1.29, 1.82) is 0 Å². The Labute approximate surface area is 363 Å². The number of halogens is 5. The first-order chi connectivity index (χ1) is 29.0. The van der Waals surface area contributed by atoms with E-state index in [4.69, 9.17) is 25.8 Å². The maximum Gasteiger partial charge on any atom is 0.394 e. The summed E-state index contributed by atoms with van der Waals surface area (Å²) in [7, 11) is 0. The molecular formula is C52H55ClF4O4. The van der Waals surface area contributed by atoms with Gasteiger partial charge in [0.2, 0.25) is 0 Å². The molecule has 6 aromatic rings. The second-order valence-electron chi connectivity index (χ2n) is 16.3. The number of hydrogen-bond donors (Lipinski definition) is 0. The van der Waals surface area contributed by atoms with E-state index in [1.54, 1.807) is 42.5 Å². The van der Waals surface area contributed by atoms with Crippen molar-refractivity contribution < 1.29 is 36.5 Å². The molecular weight excluding hydrogens is 800 g/mol. The zero-order chi connectivity index (χ0) is 44.0. The third-order valence-corrected chi connectivity index (χ3v) is 10.7. The van der Waals surface area contributed by atoms with Crippen molar-refractivity contribution in [2.24, 2.45) is 0 Å². The van der Waals surface area contributed by atoms with Crippen molar-refractivity contribution in [3.8, 4) is 34.5 Å². The van der Waals surface area contributed by atoms with Gasteiger partial charge in [-0.1, -0.05) is 106 Å². The van der Waals surface area contributed by atoms with E-state index in [2.05, 4.69) is 38.5 Å². The molecule has 0 spiro atoms. The van der Waals surface area contributed by atoms with Crippen LogP contribution in [0.4, 0.5) is 17.6 Å². The molecule has 0 N–H and O–H groups in total. The Morgan fingerprint density at radius 3 is 1.41 bits per heavy atom. The van der Waals surface area contributed by atoms with Crippen molar-refractivity contribution in [3.05, 3.63) is 178 Å². The molecule has 0 radical (unpaired) electrons. The average molecular weight is 855 g/mol. The third kappa shape index (κ3) is 14.6. The second kappa shape index (κ2) is 21.4. The van der Waals surface area contributed by atoms with E-state index in [-0.39, 0.29) is 33.9 Å². The van der Waals surface area contributed by atoms with E-state index in [9.17, 15) is 17.6 Å². The lowest BCUT2D eigenvalue weighted by molar-refractivity contribution is -0.158. The molecule has 0 aliphatic heterocycles. The standard InChI is InChI=1S/C26H28ClFO2.C26H27F3O2/c1-4-29-24-15-13-20(18-22(24)27)26(2,3)16-8-9-19-12-14-23(28)25(17-19)30-21-10-6-5-7-11-21;1-25(2,20-12-14-22(15-13-20)31-26(3,28)29)17-7-8-19-11-16-23(27)24(18-19)30-21-9-5-4-6-10-21/h5-7,10-15,17-18H,4,8-9,16H2,1-3H3;4-6,9-16,18H,7-8,17H2,1-3H3. The van der Waals surface area contributed by atoms with E-state index in [0.717, 1.165) is 67.9 Å². The van der Waals surface area contributed by atoms with Crippen molar-refractivity contribution in [3.63, 3.8) is 0 Å². The molecule has 0 aliphatic rings. The number of aryl methyl sites for hydroxylation is 2. The summed E-state index contributed by atoms with van der Waals surface area (Å²) in [5.41, 5.74) is 4.11. The van der Waals surface area contributed by atoms with Crippen LogP contribution in [0.5, 0.6) is 34.5 Å². The first-order valence-electron chi connectivity index (χ1n) is 20.6. The number of rotatable bonds is 18. The van der Waals surface area contributed by atoms with Crippen LogP contribution in [0.3, 0.4) is 0 Å². The molecule has 6 aromatic carbocycles. The summed E-state index contributed by atoms with van der Waals surface area (Å²) in [4.78, 5) is 0. The summed E-state index contributed by atoms with van der Waals surface area (Å²) in [5, 5.41) is 0.642. The Bertz CT molecular complexity index is 2270. The van der Waals surface area contributed by atoms with Crippen molar-refractivity contribution in [2.45, 2.75) is 97.0 Å². The Morgan fingerprint density at radius 1 is 0.508 bits per heavy atom. The van der Waals surface area contributed by atoms with Crippen LogP contribution < -0.4 is 18.9 Å². The number of ether oxygens (including phenoxy) is 4. The molecule has 0 heterocycles. The van der Waals surface area contributed by atoms with Gasteiger partial charge in [-0.2, -0.15) is 8.78 Å². The Kier molecular flexibility index (Phi) is 16.3. The molecule has 0 aliphatic carbocycles. The minimum absolute atomic E-state index is 0.0300. The molecule has 0 unspecified atom stereocenters. The molecule has 0 saturated heterocycles. The van der Waals surface area contributed by atoms with Gasteiger partial charge in [0.15, 0.2) is 23.1 Å². The van der Waals surface area contributed by atoms with Crippen LogP contribution in [0.25, 0.3) is 0 Å². The molecule has 4 nitrogen and oxygen atoms in total. The molecule has 0 aromatic heterocycles. The molecule has 0 atom stereocenters. The number of hydrogen-bond acceptors (Lipinski definition) is 4. The first kappa shape index (κ1) is 46.6. The molecule has 0 amide bonds. The van der Waals surface area contributed by atoms with E-state index >= 15 is 0 Å². The highest BCUT2D eigenvalue weighted by Crippen LogP contribution is 2.36. The SMILES string of the molecule is CC(F)(F)Oc1ccc(C(C)(C)CCCc2ccc(F)c(Oc3ccccc3)c2)cc1.CCOc1ccc(C(C)(C)CCCc2ccc(F)c(Oc3ccccc3)c2)cc1Cl. The van der Waals surface area contributed by atoms with Crippen LogP contribution in [-0.4, -0.2) is 12.7 Å². The monoisotopic (exact) mass is 854 g/mol. The zero-order valence-corrected chi connectivity index (χ0v) is 36.5.